The molecule has 2 N–H and O–H groups in total. The number of methoxy groups -OCH3 is 1. The zero-order valence-corrected chi connectivity index (χ0v) is 11.9. The normalized spacial score (nSPS) is 12.6. The maximum absolute atomic E-state index is 5.99. The van der Waals surface area contributed by atoms with Crippen LogP contribution in [-0.2, 0) is 4.74 Å². The zero-order valence-electron chi connectivity index (χ0n) is 11.1. The Bertz CT molecular complexity index is 561. The second-order valence-electron chi connectivity index (χ2n) is 4.59. The van der Waals surface area contributed by atoms with Crippen LogP contribution in [0.1, 0.15) is 0 Å². The predicted octanol–water partition coefficient (Wildman–Crippen LogP) is 2.30. The second kappa shape index (κ2) is 6.19. The predicted molar refractivity (Wildman–Crippen MR) is 79.9 cm³/mol. The van der Waals surface area contributed by atoms with Crippen LogP contribution in [0.2, 0.25) is 5.02 Å². The lowest BCUT2D eigenvalue weighted by Crippen LogP contribution is -2.38. The Morgan fingerprint density at radius 2 is 2.21 bits per heavy atom. The topological polar surface area (TPSA) is 51.4 Å². The first-order valence-corrected chi connectivity index (χ1v) is 6.49. The first-order valence-electron chi connectivity index (χ1n) is 6.11. The fourth-order valence-corrected chi connectivity index (χ4v) is 2.32. The summed E-state index contributed by atoms with van der Waals surface area (Å²) in [5, 5.41) is 1.76. The van der Waals surface area contributed by atoms with Gasteiger partial charge in [0.2, 0.25) is 0 Å². The molecule has 1 unspecified atom stereocenters. The number of hydrogen-bond acceptors (Lipinski definition) is 4. The molecule has 1 atom stereocenters. The van der Waals surface area contributed by atoms with E-state index in [1.54, 1.807) is 13.3 Å². The average molecular weight is 280 g/mol. The quantitative estimate of drug-likeness (QED) is 0.912. The molecule has 1 aromatic carbocycles. The number of halogens is 1. The third kappa shape index (κ3) is 3.35. The van der Waals surface area contributed by atoms with Crippen molar-refractivity contribution in [3.8, 4) is 0 Å². The van der Waals surface area contributed by atoms with Crippen molar-refractivity contribution in [3.63, 3.8) is 0 Å². The van der Waals surface area contributed by atoms with E-state index in [1.165, 1.54) is 0 Å². The molecule has 5 heteroatoms. The highest BCUT2D eigenvalue weighted by Gasteiger charge is 2.10. The van der Waals surface area contributed by atoms with E-state index in [1.807, 2.05) is 31.3 Å². The molecule has 4 nitrogen and oxygen atoms in total. The number of nitrogens with two attached hydrogens (primary N) is 1. The molecule has 1 heterocycles. The molecule has 0 aliphatic carbocycles. The van der Waals surface area contributed by atoms with Crippen molar-refractivity contribution in [2.45, 2.75) is 6.04 Å². The lowest BCUT2D eigenvalue weighted by molar-refractivity contribution is 0.182. The Morgan fingerprint density at radius 1 is 1.42 bits per heavy atom. The molecule has 0 bridgehead atoms. The molecule has 102 valence electrons. The summed E-state index contributed by atoms with van der Waals surface area (Å²) < 4.78 is 5.06. The van der Waals surface area contributed by atoms with Crippen LogP contribution in [0, 0.1) is 0 Å². The Balaban J connectivity index is 2.29. The Morgan fingerprint density at radius 3 is 2.95 bits per heavy atom. The Hall–Kier alpha value is -1.36. The fraction of sp³-hybridized carbons (Fsp3) is 0.357. The smallest absolute Gasteiger partial charge is 0.0737 e. The number of aromatic nitrogens is 1. The maximum atomic E-state index is 5.99. The molecule has 0 spiro atoms. The zero-order chi connectivity index (χ0) is 13.8. The van der Waals surface area contributed by atoms with Crippen molar-refractivity contribution in [3.05, 3.63) is 35.5 Å². The van der Waals surface area contributed by atoms with Crippen molar-refractivity contribution < 1.29 is 4.74 Å². The van der Waals surface area contributed by atoms with E-state index in [-0.39, 0.29) is 6.04 Å². The van der Waals surface area contributed by atoms with E-state index in [0.717, 1.165) is 23.1 Å². The van der Waals surface area contributed by atoms with Crippen LogP contribution in [0.15, 0.2) is 30.5 Å². The van der Waals surface area contributed by atoms with Crippen LogP contribution < -0.4 is 10.6 Å². The Labute approximate surface area is 118 Å². The first kappa shape index (κ1) is 14.1. The van der Waals surface area contributed by atoms with E-state index in [2.05, 4.69) is 9.88 Å². The van der Waals surface area contributed by atoms with E-state index < -0.39 is 0 Å². The second-order valence-corrected chi connectivity index (χ2v) is 5.02. The van der Waals surface area contributed by atoms with Crippen LogP contribution in [-0.4, -0.2) is 38.3 Å². The molecule has 19 heavy (non-hydrogen) atoms. The van der Waals surface area contributed by atoms with Gasteiger partial charge in [0.05, 0.1) is 12.1 Å². The van der Waals surface area contributed by atoms with Crippen molar-refractivity contribution in [2.24, 2.45) is 5.73 Å². The molecule has 0 radical (unpaired) electrons. The van der Waals surface area contributed by atoms with E-state index in [9.17, 15) is 0 Å². The molecule has 0 amide bonds. The van der Waals surface area contributed by atoms with Gasteiger partial charge in [-0.05, 0) is 24.3 Å². The van der Waals surface area contributed by atoms with Gasteiger partial charge in [0.15, 0.2) is 0 Å². The summed E-state index contributed by atoms with van der Waals surface area (Å²) in [6.45, 7) is 1.26. The van der Waals surface area contributed by atoms with Crippen LogP contribution in [0.25, 0.3) is 10.9 Å². The van der Waals surface area contributed by atoms with Gasteiger partial charge in [-0.1, -0.05) is 11.6 Å². The maximum Gasteiger partial charge on any atom is 0.0737 e. The molecular weight excluding hydrogens is 262 g/mol. The summed E-state index contributed by atoms with van der Waals surface area (Å²) >= 11 is 5.99. The van der Waals surface area contributed by atoms with Gasteiger partial charge in [-0.15, -0.1) is 0 Å². The van der Waals surface area contributed by atoms with Gasteiger partial charge >= 0.3 is 0 Å². The van der Waals surface area contributed by atoms with Gasteiger partial charge in [0.1, 0.15) is 0 Å². The minimum absolute atomic E-state index is 0.0227. The molecule has 1 aromatic heterocycles. The van der Waals surface area contributed by atoms with E-state index in [0.29, 0.717) is 11.6 Å². The number of hydrogen-bond donors (Lipinski definition) is 1. The highest BCUT2D eigenvalue weighted by Crippen LogP contribution is 2.26. The molecule has 2 rings (SSSR count). The van der Waals surface area contributed by atoms with Gasteiger partial charge in [0.25, 0.3) is 0 Å². The number of fused-ring (bicyclic) bond motifs is 1. The van der Waals surface area contributed by atoms with E-state index >= 15 is 0 Å². The van der Waals surface area contributed by atoms with Crippen LogP contribution in [0.4, 0.5) is 5.69 Å². The fourth-order valence-electron chi connectivity index (χ4n) is 2.16. The summed E-state index contributed by atoms with van der Waals surface area (Å²) in [5.74, 6) is 0. The highest BCUT2D eigenvalue weighted by atomic mass is 35.5. The first-order chi connectivity index (χ1) is 9.11. The average Bonchev–Trinajstić information content (AvgIpc) is 2.37. The third-order valence-corrected chi connectivity index (χ3v) is 3.22. The van der Waals surface area contributed by atoms with Gasteiger partial charge in [-0.3, -0.25) is 4.98 Å². The molecular formula is C14H18ClN3O. The Kier molecular flexibility index (Phi) is 4.58. The van der Waals surface area contributed by atoms with Crippen molar-refractivity contribution in [2.75, 3.05) is 32.2 Å². The van der Waals surface area contributed by atoms with Crippen LogP contribution >= 0.6 is 11.6 Å². The van der Waals surface area contributed by atoms with Crippen molar-refractivity contribution in [1.82, 2.24) is 4.98 Å². The number of ether oxygens (including phenoxy) is 1. The number of nitrogens with zero attached hydrogens (tertiary/aromatic N) is 2. The summed E-state index contributed by atoms with van der Waals surface area (Å²) in [6, 6.07) is 7.68. The molecule has 0 saturated heterocycles. The van der Waals surface area contributed by atoms with Gasteiger partial charge in [0, 0.05) is 49.0 Å². The van der Waals surface area contributed by atoms with Gasteiger partial charge in [-0.25, -0.2) is 0 Å². The summed E-state index contributed by atoms with van der Waals surface area (Å²) in [6.07, 6.45) is 1.78. The number of anilines is 1. The lowest BCUT2D eigenvalue weighted by atomic mass is 10.1. The number of rotatable bonds is 5. The van der Waals surface area contributed by atoms with Gasteiger partial charge in [-0.2, -0.15) is 0 Å². The minimum Gasteiger partial charge on any atom is -0.383 e. The van der Waals surface area contributed by atoms with Crippen LogP contribution in [0.3, 0.4) is 0 Å². The SMILES string of the molecule is COCC(N)CN(C)c1ccnc2cc(Cl)ccc12. The summed E-state index contributed by atoms with van der Waals surface area (Å²) in [4.78, 5) is 6.45. The van der Waals surface area contributed by atoms with Gasteiger partial charge < -0.3 is 15.4 Å². The molecule has 0 aliphatic rings. The molecule has 0 fully saturated rings. The largest absolute Gasteiger partial charge is 0.383 e. The summed E-state index contributed by atoms with van der Waals surface area (Å²) in [7, 11) is 3.67. The number of benzene rings is 1. The number of pyridine rings is 1. The number of likely N-dealkylation sites (N-methyl/N-ethyl adjacent to an activating group) is 1. The monoisotopic (exact) mass is 279 g/mol. The molecule has 0 saturated carbocycles. The highest BCUT2D eigenvalue weighted by molar-refractivity contribution is 6.31. The third-order valence-electron chi connectivity index (χ3n) is 2.98. The lowest BCUT2D eigenvalue weighted by Gasteiger charge is -2.24. The summed E-state index contributed by atoms with van der Waals surface area (Å²) in [5.41, 5.74) is 7.96. The standard InChI is InChI=1S/C14H18ClN3O/c1-18(8-11(16)9-19-2)14-5-6-17-13-7-10(15)3-4-12(13)14/h3-7,11H,8-9,16H2,1-2H3. The molecule has 2 aromatic rings. The minimum atomic E-state index is -0.0227. The van der Waals surface area contributed by atoms with E-state index in [4.69, 9.17) is 22.1 Å². The molecule has 0 aliphatic heterocycles. The van der Waals surface area contributed by atoms with Crippen molar-refractivity contribution >= 4 is 28.2 Å². The van der Waals surface area contributed by atoms with Crippen LogP contribution in [0.5, 0.6) is 0 Å². The van der Waals surface area contributed by atoms with Crippen molar-refractivity contribution in [1.29, 1.82) is 0 Å².